The highest BCUT2D eigenvalue weighted by atomic mass is 16.5. The summed E-state index contributed by atoms with van der Waals surface area (Å²) in [5.41, 5.74) is 1.78. The molecule has 122 valence electrons. The Kier molecular flexibility index (Phi) is 4.33. The van der Waals surface area contributed by atoms with Crippen molar-refractivity contribution in [1.29, 1.82) is 0 Å². The maximum Gasteiger partial charge on any atom is 0.374 e. The van der Waals surface area contributed by atoms with E-state index in [0.717, 1.165) is 5.39 Å². The number of hydrogen-bond donors (Lipinski definition) is 0. The molecule has 3 rings (SSSR count). The zero-order valence-corrected chi connectivity index (χ0v) is 13.4. The highest BCUT2D eigenvalue weighted by Crippen LogP contribution is 2.23. The molecule has 0 aliphatic heterocycles. The van der Waals surface area contributed by atoms with Crippen molar-refractivity contribution < 1.29 is 23.5 Å². The quantitative estimate of drug-likeness (QED) is 0.524. The molecule has 0 aliphatic rings. The minimum atomic E-state index is -0.568. The van der Waals surface area contributed by atoms with Crippen LogP contribution < -0.4 is 4.74 Å². The fraction of sp³-hybridized carbons (Fsp3) is 0.158. The molecule has 0 amide bonds. The van der Waals surface area contributed by atoms with Crippen LogP contribution >= 0.6 is 0 Å². The smallest absolute Gasteiger partial charge is 0.374 e. The van der Waals surface area contributed by atoms with Crippen LogP contribution in [0.15, 0.2) is 52.9 Å². The van der Waals surface area contributed by atoms with Crippen LogP contribution in [-0.4, -0.2) is 18.9 Å². The monoisotopic (exact) mass is 324 g/mol. The molecule has 3 aromatic rings. The Labute approximate surface area is 138 Å². The molecule has 1 aromatic heterocycles. The van der Waals surface area contributed by atoms with Crippen LogP contribution in [-0.2, 0) is 11.3 Å². The highest BCUT2D eigenvalue weighted by molar-refractivity contribution is 5.94. The van der Waals surface area contributed by atoms with Crippen molar-refractivity contribution in [3.63, 3.8) is 0 Å². The van der Waals surface area contributed by atoms with Crippen molar-refractivity contribution >= 4 is 22.7 Å². The van der Waals surface area contributed by atoms with E-state index in [-0.39, 0.29) is 18.2 Å². The number of Topliss-reactive ketones (excluding diaryl/α,β-unsaturated/α-hetero) is 1. The van der Waals surface area contributed by atoms with Gasteiger partial charge in [-0.25, -0.2) is 4.79 Å². The molecule has 0 saturated heterocycles. The maximum absolute atomic E-state index is 12.2. The lowest BCUT2D eigenvalue weighted by Gasteiger charge is -2.10. The molecule has 24 heavy (non-hydrogen) atoms. The number of ether oxygens (including phenoxy) is 2. The summed E-state index contributed by atoms with van der Waals surface area (Å²) in [5, 5.41) is 0.834. The van der Waals surface area contributed by atoms with E-state index in [4.69, 9.17) is 13.9 Å². The molecule has 0 bridgehead atoms. The zero-order valence-electron chi connectivity index (χ0n) is 13.4. The second-order valence-electron chi connectivity index (χ2n) is 5.31. The van der Waals surface area contributed by atoms with E-state index < -0.39 is 5.97 Å². The predicted octanol–water partition coefficient (Wildman–Crippen LogP) is 4.00. The summed E-state index contributed by atoms with van der Waals surface area (Å²) >= 11 is 0. The Morgan fingerprint density at radius 1 is 1.08 bits per heavy atom. The molecule has 0 N–H and O–H groups in total. The van der Waals surface area contributed by atoms with E-state index in [1.807, 2.05) is 18.2 Å². The standard InChI is InChI=1S/C19H16O5/c1-12(20)13-7-8-16(22-2)15(9-13)11-23-19(21)18-10-14-5-3-4-6-17(14)24-18/h3-10H,11H2,1-2H3. The SMILES string of the molecule is COc1ccc(C(C)=O)cc1COC(=O)c1cc2ccccc2o1. The molecule has 5 heteroatoms. The molecule has 0 aliphatic carbocycles. The lowest BCUT2D eigenvalue weighted by molar-refractivity contribution is 0.0436. The zero-order chi connectivity index (χ0) is 17.1. The number of rotatable bonds is 5. The number of benzene rings is 2. The molecule has 0 spiro atoms. The van der Waals surface area contributed by atoms with E-state index in [1.165, 1.54) is 14.0 Å². The molecule has 0 unspecified atom stereocenters. The van der Waals surface area contributed by atoms with Crippen LogP contribution in [0.3, 0.4) is 0 Å². The second kappa shape index (κ2) is 6.58. The van der Waals surface area contributed by atoms with Crippen LogP contribution in [0.1, 0.15) is 33.4 Å². The van der Waals surface area contributed by atoms with Crippen LogP contribution in [0.25, 0.3) is 11.0 Å². The van der Waals surface area contributed by atoms with Crippen LogP contribution in [0.5, 0.6) is 5.75 Å². The molecule has 0 fully saturated rings. The average Bonchev–Trinajstić information content (AvgIpc) is 3.03. The fourth-order valence-electron chi connectivity index (χ4n) is 2.41. The van der Waals surface area contributed by atoms with Crippen molar-refractivity contribution in [2.24, 2.45) is 0 Å². The Morgan fingerprint density at radius 2 is 1.88 bits per heavy atom. The van der Waals surface area contributed by atoms with Crippen molar-refractivity contribution in [3.05, 3.63) is 65.4 Å². The molecule has 2 aromatic carbocycles. The molecule has 1 heterocycles. The van der Waals surface area contributed by atoms with Gasteiger partial charge in [-0.05, 0) is 37.3 Å². The summed E-state index contributed by atoms with van der Waals surface area (Å²) in [6.45, 7) is 1.46. The molecule has 0 radical (unpaired) electrons. The van der Waals surface area contributed by atoms with Gasteiger partial charge in [0.15, 0.2) is 5.78 Å². The minimum Gasteiger partial charge on any atom is -0.496 e. The summed E-state index contributed by atoms with van der Waals surface area (Å²) in [5.74, 6) is 0.0549. The van der Waals surface area contributed by atoms with E-state index in [0.29, 0.717) is 22.5 Å². The third kappa shape index (κ3) is 3.15. The van der Waals surface area contributed by atoms with E-state index >= 15 is 0 Å². The van der Waals surface area contributed by atoms with Crippen LogP contribution in [0.4, 0.5) is 0 Å². The summed E-state index contributed by atoms with van der Waals surface area (Å²) in [7, 11) is 1.52. The number of carbonyl (C=O) groups is 2. The minimum absolute atomic E-state index is 0.0137. The van der Waals surface area contributed by atoms with E-state index in [1.54, 1.807) is 30.3 Å². The highest BCUT2D eigenvalue weighted by Gasteiger charge is 2.15. The van der Waals surface area contributed by atoms with Gasteiger partial charge in [0.2, 0.25) is 5.76 Å². The number of esters is 1. The molecular weight excluding hydrogens is 308 g/mol. The van der Waals surface area contributed by atoms with Gasteiger partial charge in [-0.2, -0.15) is 0 Å². The number of hydrogen-bond acceptors (Lipinski definition) is 5. The number of fused-ring (bicyclic) bond motifs is 1. The van der Waals surface area contributed by atoms with Crippen molar-refractivity contribution in [2.75, 3.05) is 7.11 Å². The molecule has 5 nitrogen and oxygen atoms in total. The van der Waals surface area contributed by atoms with Gasteiger partial charge in [0.25, 0.3) is 0 Å². The topological polar surface area (TPSA) is 65.7 Å². The van der Waals surface area contributed by atoms with Gasteiger partial charge in [0.1, 0.15) is 17.9 Å². The second-order valence-corrected chi connectivity index (χ2v) is 5.31. The van der Waals surface area contributed by atoms with E-state index in [9.17, 15) is 9.59 Å². The first kappa shape index (κ1) is 15.8. The summed E-state index contributed by atoms with van der Waals surface area (Å²) in [6.07, 6.45) is 0. The van der Waals surface area contributed by atoms with Gasteiger partial charge in [-0.15, -0.1) is 0 Å². The Bertz CT molecular complexity index is 874. The summed E-state index contributed by atoms with van der Waals surface area (Å²) in [4.78, 5) is 23.7. The Balaban J connectivity index is 1.78. The first-order chi connectivity index (χ1) is 11.6. The first-order valence-electron chi connectivity index (χ1n) is 7.42. The lowest BCUT2D eigenvalue weighted by atomic mass is 10.1. The van der Waals surface area contributed by atoms with Gasteiger partial charge in [0, 0.05) is 16.5 Å². The first-order valence-corrected chi connectivity index (χ1v) is 7.42. The van der Waals surface area contributed by atoms with Crippen molar-refractivity contribution in [2.45, 2.75) is 13.5 Å². The number of ketones is 1. The number of para-hydroxylation sites is 1. The molecule has 0 saturated carbocycles. The molecule has 0 atom stereocenters. The number of carbonyl (C=O) groups excluding carboxylic acids is 2. The van der Waals surface area contributed by atoms with Crippen LogP contribution in [0.2, 0.25) is 0 Å². The Morgan fingerprint density at radius 3 is 2.58 bits per heavy atom. The van der Waals surface area contributed by atoms with Crippen LogP contribution in [0, 0.1) is 0 Å². The van der Waals surface area contributed by atoms with Gasteiger partial charge in [-0.1, -0.05) is 18.2 Å². The third-order valence-electron chi connectivity index (χ3n) is 3.67. The van der Waals surface area contributed by atoms with Gasteiger partial charge in [-0.3, -0.25) is 4.79 Å². The predicted molar refractivity (Wildman–Crippen MR) is 88.3 cm³/mol. The van der Waals surface area contributed by atoms with Gasteiger partial charge in [0.05, 0.1) is 7.11 Å². The lowest BCUT2D eigenvalue weighted by Crippen LogP contribution is -2.06. The number of furan rings is 1. The average molecular weight is 324 g/mol. The van der Waals surface area contributed by atoms with Crippen molar-refractivity contribution in [1.82, 2.24) is 0 Å². The van der Waals surface area contributed by atoms with Gasteiger partial charge >= 0.3 is 5.97 Å². The van der Waals surface area contributed by atoms with Gasteiger partial charge < -0.3 is 13.9 Å². The number of methoxy groups -OCH3 is 1. The van der Waals surface area contributed by atoms with Crippen molar-refractivity contribution in [3.8, 4) is 5.75 Å². The largest absolute Gasteiger partial charge is 0.496 e. The molecular formula is C19H16O5. The summed E-state index contributed by atoms with van der Waals surface area (Å²) in [6, 6.07) is 14.0. The summed E-state index contributed by atoms with van der Waals surface area (Å²) < 4.78 is 16.0. The fourth-order valence-corrected chi connectivity index (χ4v) is 2.41. The maximum atomic E-state index is 12.2. The Hall–Kier alpha value is -3.08. The normalized spacial score (nSPS) is 10.6. The third-order valence-corrected chi connectivity index (χ3v) is 3.67. The van der Waals surface area contributed by atoms with E-state index in [2.05, 4.69) is 0 Å².